The third-order valence-corrected chi connectivity index (χ3v) is 3.27. The van der Waals surface area contributed by atoms with Crippen LogP contribution in [0.1, 0.15) is 11.4 Å². The van der Waals surface area contributed by atoms with Crippen LogP contribution in [-0.2, 0) is 13.5 Å². The van der Waals surface area contributed by atoms with Gasteiger partial charge in [-0.1, -0.05) is 12.1 Å². The van der Waals surface area contributed by atoms with Crippen LogP contribution in [0.2, 0.25) is 0 Å². The zero-order chi connectivity index (χ0) is 13.4. The van der Waals surface area contributed by atoms with Crippen molar-refractivity contribution in [1.29, 1.82) is 0 Å². The molecule has 0 spiro atoms. The van der Waals surface area contributed by atoms with Crippen LogP contribution in [0.15, 0.2) is 42.5 Å². The van der Waals surface area contributed by atoms with Gasteiger partial charge >= 0.3 is 0 Å². The van der Waals surface area contributed by atoms with Gasteiger partial charge in [0.25, 0.3) is 0 Å². The third kappa shape index (κ3) is 2.17. The molecule has 2 aromatic carbocycles. The molecule has 3 aromatic rings. The first-order valence-electron chi connectivity index (χ1n) is 6.09. The molecule has 0 unspecified atom stereocenters. The first-order chi connectivity index (χ1) is 9.13. The van der Waals surface area contributed by atoms with Gasteiger partial charge in [-0.25, -0.2) is 9.37 Å². The summed E-state index contributed by atoms with van der Waals surface area (Å²) in [6, 6.07) is 12.2. The Bertz CT molecular complexity index is 729. The fourth-order valence-electron chi connectivity index (χ4n) is 2.20. The Balaban J connectivity index is 2.01. The van der Waals surface area contributed by atoms with Gasteiger partial charge in [-0.2, -0.15) is 0 Å². The minimum atomic E-state index is -0.221. The fraction of sp³-hybridized carbons (Fsp3) is 0.133. The number of nitrogens with zero attached hydrogens (tertiary/aromatic N) is 2. The maximum Gasteiger partial charge on any atom is 0.123 e. The Kier molecular flexibility index (Phi) is 2.71. The van der Waals surface area contributed by atoms with Crippen molar-refractivity contribution in [2.75, 3.05) is 5.73 Å². The Morgan fingerprint density at radius 2 is 1.89 bits per heavy atom. The number of rotatable bonds is 2. The van der Waals surface area contributed by atoms with Crippen LogP contribution in [0.3, 0.4) is 0 Å². The molecule has 96 valence electrons. The third-order valence-electron chi connectivity index (χ3n) is 3.27. The molecule has 3 nitrogen and oxygen atoms in total. The molecule has 1 heterocycles. The topological polar surface area (TPSA) is 43.8 Å². The molecule has 19 heavy (non-hydrogen) atoms. The van der Waals surface area contributed by atoms with E-state index in [1.54, 1.807) is 12.1 Å². The monoisotopic (exact) mass is 255 g/mol. The van der Waals surface area contributed by atoms with Gasteiger partial charge in [0.15, 0.2) is 0 Å². The number of nitrogen functional groups attached to an aromatic ring is 1. The maximum absolute atomic E-state index is 12.9. The van der Waals surface area contributed by atoms with Crippen LogP contribution >= 0.6 is 0 Å². The Morgan fingerprint density at radius 3 is 2.63 bits per heavy atom. The van der Waals surface area contributed by atoms with E-state index in [-0.39, 0.29) is 5.82 Å². The number of imidazole rings is 1. The second-order valence-corrected chi connectivity index (χ2v) is 4.64. The van der Waals surface area contributed by atoms with E-state index >= 15 is 0 Å². The molecule has 0 fully saturated rings. The standard InChI is InChI=1S/C15H14FN3/c1-19-14-9-12(17)6-7-13(14)18-15(19)8-10-2-4-11(16)5-3-10/h2-7,9H,8,17H2,1H3. The molecule has 0 bridgehead atoms. The Hall–Kier alpha value is -2.36. The molecule has 1 aromatic heterocycles. The lowest BCUT2D eigenvalue weighted by atomic mass is 10.1. The summed E-state index contributed by atoms with van der Waals surface area (Å²) in [6.07, 6.45) is 0.672. The highest BCUT2D eigenvalue weighted by Gasteiger charge is 2.08. The number of aryl methyl sites for hydroxylation is 1. The number of fused-ring (bicyclic) bond motifs is 1. The van der Waals surface area contributed by atoms with Crippen LogP contribution in [-0.4, -0.2) is 9.55 Å². The van der Waals surface area contributed by atoms with Crippen LogP contribution in [0.5, 0.6) is 0 Å². The molecular weight excluding hydrogens is 241 g/mol. The Morgan fingerprint density at radius 1 is 1.16 bits per heavy atom. The van der Waals surface area contributed by atoms with E-state index in [1.807, 2.05) is 29.8 Å². The highest BCUT2D eigenvalue weighted by Crippen LogP contribution is 2.19. The number of hydrogen-bond acceptors (Lipinski definition) is 2. The average molecular weight is 255 g/mol. The smallest absolute Gasteiger partial charge is 0.123 e. The summed E-state index contributed by atoms with van der Waals surface area (Å²) in [5.74, 6) is 0.716. The van der Waals surface area contributed by atoms with Gasteiger partial charge in [-0.15, -0.1) is 0 Å². The van der Waals surface area contributed by atoms with Crippen molar-refractivity contribution in [1.82, 2.24) is 9.55 Å². The molecular formula is C15H14FN3. The van der Waals surface area contributed by atoms with Crippen molar-refractivity contribution in [3.8, 4) is 0 Å². The summed E-state index contributed by atoms with van der Waals surface area (Å²) in [5, 5.41) is 0. The molecule has 0 aliphatic heterocycles. The van der Waals surface area contributed by atoms with E-state index in [0.717, 1.165) is 28.1 Å². The highest BCUT2D eigenvalue weighted by molar-refractivity contribution is 5.79. The molecule has 0 radical (unpaired) electrons. The maximum atomic E-state index is 12.9. The summed E-state index contributed by atoms with van der Waals surface area (Å²) in [6.45, 7) is 0. The van der Waals surface area contributed by atoms with Gasteiger partial charge < -0.3 is 10.3 Å². The van der Waals surface area contributed by atoms with Crippen molar-refractivity contribution in [3.63, 3.8) is 0 Å². The van der Waals surface area contributed by atoms with Crippen LogP contribution < -0.4 is 5.73 Å². The quantitative estimate of drug-likeness (QED) is 0.715. The van der Waals surface area contributed by atoms with Crippen molar-refractivity contribution in [3.05, 3.63) is 59.7 Å². The molecule has 0 amide bonds. The number of aromatic nitrogens is 2. The Labute approximate surface area is 110 Å². The first kappa shape index (κ1) is 11.7. The number of halogens is 1. The summed E-state index contributed by atoms with van der Waals surface area (Å²) >= 11 is 0. The molecule has 0 saturated carbocycles. The molecule has 2 N–H and O–H groups in total. The predicted octanol–water partition coefficient (Wildman–Crippen LogP) is 2.89. The average Bonchev–Trinajstić information content (AvgIpc) is 2.70. The number of benzene rings is 2. The fourth-order valence-corrected chi connectivity index (χ4v) is 2.20. The van der Waals surface area contributed by atoms with E-state index in [0.29, 0.717) is 6.42 Å². The summed E-state index contributed by atoms with van der Waals surface area (Å²) in [4.78, 5) is 4.58. The number of nitrogens with two attached hydrogens (primary N) is 1. The van der Waals surface area contributed by atoms with Gasteiger partial charge in [-0.05, 0) is 35.9 Å². The van der Waals surface area contributed by atoms with Crippen LogP contribution in [0, 0.1) is 5.82 Å². The molecule has 3 rings (SSSR count). The lowest BCUT2D eigenvalue weighted by Crippen LogP contribution is -1.99. The van der Waals surface area contributed by atoms with Crippen molar-refractivity contribution in [2.45, 2.75) is 6.42 Å². The molecule has 0 saturated heterocycles. The van der Waals surface area contributed by atoms with Crippen molar-refractivity contribution < 1.29 is 4.39 Å². The molecule has 0 aliphatic carbocycles. The van der Waals surface area contributed by atoms with Gasteiger partial charge in [0.1, 0.15) is 11.6 Å². The normalized spacial score (nSPS) is 11.1. The van der Waals surface area contributed by atoms with Gasteiger partial charge in [0, 0.05) is 19.2 Å². The summed E-state index contributed by atoms with van der Waals surface area (Å²) < 4.78 is 14.9. The largest absolute Gasteiger partial charge is 0.399 e. The van der Waals surface area contributed by atoms with Crippen molar-refractivity contribution in [2.24, 2.45) is 7.05 Å². The van der Waals surface area contributed by atoms with Crippen LogP contribution in [0.25, 0.3) is 11.0 Å². The van der Waals surface area contributed by atoms with E-state index in [1.165, 1.54) is 12.1 Å². The first-order valence-corrected chi connectivity index (χ1v) is 6.09. The predicted molar refractivity (Wildman–Crippen MR) is 74.3 cm³/mol. The van der Waals surface area contributed by atoms with E-state index in [4.69, 9.17) is 5.73 Å². The van der Waals surface area contributed by atoms with E-state index < -0.39 is 0 Å². The molecule has 4 heteroatoms. The van der Waals surface area contributed by atoms with E-state index in [9.17, 15) is 4.39 Å². The van der Waals surface area contributed by atoms with E-state index in [2.05, 4.69) is 4.98 Å². The molecule has 0 atom stereocenters. The summed E-state index contributed by atoms with van der Waals surface area (Å²) in [7, 11) is 1.97. The van der Waals surface area contributed by atoms with Gasteiger partial charge in [-0.3, -0.25) is 0 Å². The number of anilines is 1. The highest BCUT2D eigenvalue weighted by atomic mass is 19.1. The lowest BCUT2D eigenvalue weighted by molar-refractivity contribution is 0.627. The van der Waals surface area contributed by atoms with Crippen molar-refractivity contribution >= 4 is 16.7 Å². The zero-order valence-corrected chi connectivity index (χ0v) is 10.6. The minimum Gasteiger partial charge on any atom is -0.399 e. The number of hydrogen-bond donors (Lipinski definition) is 1. The lowest BCUT2D eigenvalue weighted by Gasteiger charge is -2.03. The summed E-state index contributed by atoms with van der Waals surface area (Å²) in [5.41, 5.74) is 9.49. The molecule has 0 aliphatic rings. The second-order valence-electron chi connectivity index (χ2n) is 4.64. The minimum absolute atomic E-state index is 0.221. The van der Waals surface area contributed by atoms with Gasteiger partial charge in [0.2, 0.25) is 0 Å². The van der Waals surface area contributed by atoms with Crippen LogP contribution in [0.4, 0.5) is 10.1 Å². The zero-order valence-electron chi connectivity index (χ0n) is 10.6. The SMILES string of the molecule is Cn1c(Cc2ccc(F)cc2)nc2ccc(N)cc21. The van der Waals surface area contributed by atoms with Gasteiger partial charge in [0.05, 0.1) is 11.0 Å². The second kappa shape index (κ2) is 4.39.